The molecule has 2 aliphatic carbocycles. The highest BCUT2D eigenvalue weighted by Gasteiger charge is 2.58. The Morgan fingerprint density at radius 2 is 1.88 bits per heavy atom. The number of nitrogens with one attached hydrogen (secondary N) is 1. The zero-order valence-electron chi connectivity index (χ0n) is 16.8. The summed E-state index contributed by atoms with van der Waals surface area (Å²) < 4.78 is 60.6. The number of hydrogen-bond donors (Lipinski definition) is 1. The minimum absolute atomic E-state index is 0.000735. The Kier molecular flexibility index (Phi) is 5.35. The van der Waals surface area contributed by atoms with E-state index in [2.05, 4.69) is 15.3 Å². The fourth-order valence-corrected chi connectivity index (χ4v) is 5.05. The van der Waals surface area contributed by atoms with E-state index in [4.69, 9.17) is 16.3 Å². The maximum atomic E-state index is 13.7. The molecule has 0 amide bonds. The van der Waals surface area contributed by atoms with Crippen LogP contribution >= 0.6 is 11.6 Å². The number of benzene rings is 1. The number of ether oxygens (including phenoxy) is 1. The highest BCUT2D eigenvalue weighted by molar-refractivity contribution is 6.30. The number of anilines is 1. The van der Waals surface area contributed by atoms with E-state index >= 15 is 0 Å². The molecule has 1 aromatic carbocycles. The summed E-state index contributed by atoms with van der Waals surface area (Å²) in [7, 11) is 0. The molecule has 32 heavy (non-hydrogen) atoms. The van der Waals surface area contributed by atoms with E-state index in [1.54, 1.807) is 18.3 Å². The Morgan fingerprint density at radius 3 is 2.56 bits per heavy atom. The lowest BCUT2D eigenvalue weighted by atomic mass is 10.0. The van der Waals surface area contributed by atoms with Crippen molar-refractivity contribution < 1.29 is 22.3 Å². The fraction of sp³-hybridized carbons (Fsp3) is 0.391. The SMILES string of the molecule is Fc1ccc2nccc(O[C@@H]3C[C@@H]4[C@H](CC(Nc5ccc(Cl)cn5)C(F)(F)F)[C@@H]4C3)c2c1. The molecule has 2 aliphatic rings. The first-order chi connectivity index (χ1) is 15.3. The molecule has 2 heterocycles. The number of hydrogen-bond acceptors (Lipinski definition) is 4. The first-order valence-electron chi connectivity index (χ1n) is 10.4. The standard InChI is InChI=1S/C23H20ClF4N3O/c24-12-1-4-22(30-11-12)31-21(23(26,27)28)10-17-15-8-14(9-16(15)17)32-20-5-6-29-19-3-2-13(25)7-18(19)20/h1-7,11,14-17,21H,8-10H2,(H,30,31)/t14-,15+,16-,17+,21?. The van der Waals surface area contributed by atoms with Crippen molar-refractivity contribution >= 4 is 28.3 Å². The van der Waals surface area contributed by atoms with E-state index < -0.39 is 12.2 Å². The molecular weight excluding hydrogens is 446 g/mol. The summed E-state index contributed by atoms with van der Waals surface area (Å²) in [5, 5.41) is 3.48. The van der Waals surface area contributed by atoms with E-state index in [1.165, 1.54) is 30.5 Å². The third kappa shape index (κ3) is 4.33. The Bertz CT molecular complexity index is 1110. The van der Waals surface area contributed by atoms with Crippen LogP contribution in [0.25, 0.3) is 10.9 Å². The van der Waals surface area contributed by atoms with Crippen LogP contribution in [0.1, 0.15) is 19.3 Å². The van der Waals surface area contributed by atoms with Crippen LogP contribution in [0.5, 0.6) is 5.75 Å². The van der Waals surface area contributed by atoms with Gasteiger partial charge in [-0.1, -0.05) is 11.6 Å². The van der Waals surface area contributed by atoms with Gasteiger partial charge in [0, 0.05) is 17.8 Å². The van der Waals surface area contributed by atoms with Crippen LogP contribution < -0.4 is 10.1 Å². The number of pyridine rings is 2. The monoisotopic (exact) mass is 465 g/mol. The molecule has 3 aromatic rings. The highest BCUT2D eigenvalue weighted by Crippen LogP contribution is 2.60. The van der Waals surface area contributed by atoms with Gasteiger partial charge in [-0.15, -0.1) is 0 Å². The maximum Gasteiger partial charge on any atom is 0.408 e. The molecule has 0 radical (unpaired) electrons. The van der Waals surface area contributed by atoms with Crippen molar-refractivity contribution in [3.63, 3.8) is 0 Å². The Morgan fingerprint density at radius 1 is 1.09 bits per heavy atom. The number of halogens is 5. The minimum atomic E-state index is -4.38. The van der Waals surface area contributed by atoms with Gasteiger partial charge in [0.2, 0.25) is 0 Å². The summed E-state index contributed by atoms with van der Waals surface area (Å²) in [4.78, 5) is 8.14. The van der Waals surface area contributed by atoms with E-state index in [0.717, 1.165) is 0 Å². The van der Waals surface area contributed by atoms with Gasteiger partial charge in [0.05, 0.1) is 16.6 Å². The number of aromatic nitrogens is 2. The first-order valence-corrected chi connectivity index (χ1v) is 10.8. The average molecular weight is 466 g/mol. The molecule has 0 aliphatic heterocycles. The predicted octanol–water partition coefficient (Wildman–Crippen LogP) is 6.26. The third-order valence-corrected chi connectivity index (χ3v) is 6.71. The molecule has 5 atom stereocenters. The molecule has 1 N–H and O–H groups in total. The van der Waals surface area contributed by atoms with Gasteiger partial charge >= 0.3 is 6.18 Å². The quantitative estimate of drug-likeness (QED) is 0.436. The van der Waals surface area contributed by atoms with Crippen LogP contribution in [0.3, 0.4) is 0 Å². The molecule has 2 fully saturated rings. The van der Waals surface area contributed by atoms with Crippen LogP contribution in [-0.2, 0) is 0 Å². The van der Waals surface area contributed by atoms with Gasteiger partial charge in [-0.25, -0.2) is 9.37 Å². The van der Waals surface area contributed by atoms with Crippen molar-refractivity contribution in [1.29, 1.82) is 0 Å². The molecule has 2 aromatic heterocycles. The molecule has 0 spiro atoms. The summed E-state index contributed by atoms with van der Waals surface area (Å²) in [6.07, 6.45) is -0.160. The molecular formula is C23H20ClF4N3O. The lowest BCUT2D eigenvalue weighted by Gasteiger charge is -2.24. The van der Waals surface area contributed by atoms with Gasteiger partial charge in [0.25, 0.3) is 0 Å². The van der Waals surface area contributed by atoms with E-state index in [0.29, 0.717) is 34.5 Å². The molecule has 4 nitrogen and oxygen atoms in total. The van der Waals surface area contributed by atoms with Crippen molar-refractivity contribution in [2.45, 2.75) is 37.6 Å². The van der Waals surface area contributed by atoms with Crippen LogP contribution in [0.4, 0.5) is 23.4 Å². The number of nitrogens with zero attached hydrogens (tertiary/aromatic N) is 2. The highest BCUT2D eigenvalue weighted by atomic mass is 35.5. The van der Waals surface area contributed by atoms with Gasteiger partial charge in [-0.05, 0) is 73.4 Å². The van der Waals surface area contributed by atoms with Gasteiger partial charge < -0.3 is 10.1 Å². The second-order valence-corrected chi connectivity index (χ2v) is 8.95. The summed E-state index contributed by atoms with van der Waals surface area (Å²) in [6.45, 7) is 0. The smallest absolute Gasteiger partial charge is 0.408 e. The third-order valence-electron chi connectivity index (χ3n) is 6.49. The normalized spacial score (nSPS) is 25.4. The van der Waals surface area contributed by atoms with Crippen LogP contribution in [0.2, 0.25) is 5.02 Å². The minimum Gasteiger partial charge on any atom is -0.490 e. The largest absolute Gasteiger partial charge is 0.490 e. The summed E-state index contributed by atoms with van der Waals surface area (Å²) in [5.74, 6) is 0.740. The molecule has 2 saturated carbocycles. The van der Waals surface area contributed by atoms with E-state index in [9.17, 15) is 17.6 Å². The van der Waals surface area contributed by atoms with Crippen LogP contribution in [-0.4, -0.2) is 28.3 Å². The first kappa shape index (κ1) is 21.2. The van der Waals surface area contributed by atoms with Crippen molar-refractivity contribution in [3.8, 4) is 5.75 Å². The lowest BCUT2D eigenvalue weighted by Crippen LogP contribution is -2.37. The van der Waals surface area contributed by atoms with Crippen molar-refractivity contribution in [2.75, 3.05) is 5.32 Å². The van der Waals surface area contributed by atoms with Crippen molar-refractivity contribution in [1.82, 2.24) is 9.97 Å². The Labute approximate surface area is 187 Å². The Balaban J connectivity index is 1.21. The van der Waals surface area contributed by atoms with E-state index in [1.807, 2.05) is 0 Å². The van der Waals surface area contributed by atoms with E-state index in [-0.39, 0.29) is 41.9 Å². The maximum absolute atomic E-state index is 13.7. The van der Waals surface area contributed by atoms with Crippen molar-refractivity contribution in [2.24, 2.45) is 17.8 Å². The summed E-state index contributed by atoms with van der Waals surface area (Å²) >= 11 is 5.76. The summed E-state index contributed by atoms with van der Waals surface area (Å²) in [6, 6.07) is 7.32. The Hall–Kier alpha value is -2.61. The molecule has 0 saturated heterocycles. The zero-order chi connectivity index (χ0) is 22.5. The van der Waals surface area contributed by atoms with Crippen LogP contribution in [0, 0.1) is 23.6 Å². The molecule has 0 bridgehead atoms. The number of alkyl halides is 3. The van der Waals surface area contributed by atoms with Gasteiger partial charge in [0.1, 0.15) is 23.4 Å². The number of fused-ring (bicyclic) bond motifs is 2. The summed E-state index contributed by atoms with van der Waals surface area (Å²) in [5.41, 5.74) is 0.639. The lowest BCUT2D eigenvalue weighted by molar-refractivity contribution is -0.145. The molecule has 1 unspecified atom stereocenters. The molecule has 5 rings (SSSR count). The van der Waals surface area contributed by atoms with Gasteiger partial charge in [-0.2, -0.15) is 13.2 Å². The molecule has 9 heteroatoms. The fourth-order valence-electron chi connectivity index (χ4n) is 4.93. The van der Waals surface area contributed by atoms with Gasteiger partial charge in [0.15, 0.2) is 0 Å². The zero-order valence-corrected chi connectivity index (χ0v) is 17.6. The topological polar surface area (TPSA) is 47.0 Å². The van der Waals surface area contributed by atoms with Crippen molar-refractivity contribution in [3.05, 3.63) is 59.6 Å². The average Bonchev–Trinajstić information content (AvgIpc) is 3.18. The second-order valence-electron chi connectivity index (χ2n) is 8.51. The number of rotatable bonds is 6. The van der Waals surface area contributed by atoms with Crippen LogP contribution in [0.15, 0.2) is 48.8 Å². The predicted molar refractivity (Wildman–Crippen MR) is 113 cm³/mol. The molecule has 168 valence electrons. The van der Waals surface area contributed by atoms with Gasteiger partial charge in [-0.3, -0.25) is 4.98 Å². The second kappa shape index (κ2) is 8.06.